The SMILES string of the molecule is CCNc1nc(NCC)nc(NCCc2ccc(S(N)(=O)=O)cc2)n1. The molecule has 0 aliphatic heterocycles. The summed E-state index contributed by atoms with van der Waals surface area (Å²) in [4.78, 5) is 13.0. The first-order valence-electron chi connectivity index (χ1n) is 8.01. The molecule has 0 aliphatic rings. The van der Waals surface area contributed by atoms with E-state index in [9.17, 15) is 8.42 Å². The molecule has 0 saturated carbocycles. The van der Waals surface area contributed by atoms with E-state index in [0.717, 1.165) is 5.56 Å². The molecule has 0 unspecified atom stereocenters. The molecule has 0 bridgehead atoms. The lowest BCUT2D eigenvalue weighted by molar-refractivity contribution is 0.598. The summed E-state index contributed by atoms with van der Waals surface area (Å²) in [6.45, 7) is 5.96. The predicted octanol–water partition coefficient (Wildman–Crippen LogP) is 1.04. The van der Waals surface area contributed by atoms with Crippen molar-refractivity contribution in [1.29, 1.82) is 0 Å². The third-order valence-corrected chi connectivity index (χ3v) is 4.18. The van der Waals surface area contributed by atoms with Gasteiger partial charge in [-0.2, -0.15) is 15.0 Å². The number of benzene rings is 1. The number of rotatable bonds is 9. The molecule has 0 radical (unpaired) electrons. The van der Waals surface area contributed by atoms with Gasteiger partial charge in [-0.3, -0.25) is 0 Å². The number of hydrogen-bond acceptors (Lipinski definition) is 8. The van der Waals surface area contributed by atoms with E-state index >= 15 is 0 Å². The first-order chi connectivity index (χ1) is 11.9. The van der Waals surface area contributed by atoms with E-state index in [0.29, 0.717) is 43.9 Å². The van der Waals surface area contributed by atoms with Gasteiger partial charge in [-0.15, -0.1) is 0 Å². The van der Waals surface area contributed by atoms with Gasteiger partial charge in [-0.25, -0.2) is 13.6 Å². The summed E-state index contributed by atoms with van der Waals surface area (Å²) in [5.74, 6) is 1.49. The normalized spacial score (nSPS) is 11.2. The number of aromatic nitrogens is 3. The topological polar surface area (TPSA) is 135 Å². The molecule has 0 aliphatic carbocycles. The summed E-state index contributed by atoms with van der Waals surface area (Å²) in [6.07, 6.45) is 0.684. The minimum absolute atomic E-state index is 0.104. The van der Waals surface area contributed by atoms with Crippen LogP contribution in [0.1, 0.15) is 19.4 Å². The molecule has 1 aromatic heterocycles. The molecule has 0 atom stereocenters. The van der Waals surface area contributed by atoms with Crippen molar-refractivity contribution in [1.82, 2.24) is 15.0 Å². The van der Waals surface area contributed by atoms with Crippen LogP contribution in [0.15, 0.2) is 29.2 Å². The van der Waals surface area contributed by atoms with Crippen LogP contribution >= 0.6 is 0 Å². The molecular weight excluding hydrogens is 342 g/mol. The maximum absolute atomic E-state index is 11.2. The molecule has 136 valence electrons. The molecule has 9 nitrogen and oxygen atoms in total. The summed E-state index contributed by atoms with van der Waals surface area (Å²) in [7, 11) is -3.66. The Labute approximate surface area is 147 Å². The maximum atomic E-state index is 11.2. The second kappa shape index (κ2) is 8.58. The van der Waals surface area contributed by atoms with Crippen molar-refractivity contribution in [2.75, 3.05) is 35.6 Å². The van der Waals surface area contributed by atoms with Gasteiger partial charge in [0.15, 0.2) is 0 Å². The van der Waals surface area contributed by atoms with Crippen LogP contribution < -0.4 is 21.1 Å². The van der Waals surface area contributed by atoms with Crippen molar-refractivity contribution in [3.63, 3.8) is 0 Å². The molecule has 2 aromatic rings. The highest BCUT2D eigenvalue weighted by atomic mass is 32.2. The first kappa shape index (κ1) is 18.9. The number of nitrogens with two attached hydrogens (primary N) is 1. The van der Waals surface area contributed by atoms with Gasteiger partial charge in [0.1, 0.15) is 0 Å². The Morgan fingerprint density at radius 2 is 1.36 bits per heavy atom. The zero-order valence-electron chi connectivity index (χ0n) is 14.3. The van der Waals surface area contributed by atoms with Crippen molar-refractivity contribution < 1.29 is 8.42 Å². The lowest BCUT2D eigenvalue weighted by Gasteiger charge is -2.10. The molecule has 0 saturated heterocycles. The average Bonchev–Trinajstić information content (AvgIpc) is 2.55. The Bertz CT molecular complexity index is 770. The van der Waals surface area contributed by atoms with Crippen LogP contribution in [-0.4, -0.2) is 43.0 Å². The third-order valence-electron chi connectivity index (χ3n) is 3.25. The number of primary sulfonamides is 1. The Morgan fingerprint density at radius 3 is 1.80 bits per heavy atom. The van der Waals surface area contributed by atoms with Crippen molar-refractivity contribution >= 4 is 27.9 Å². The molecule has 1 aromatic carbocycles. The minimum atomic E-state index is -3.66. The first-order valence-corrected chi connectivity index (χ1v) is 9.56. The van der Waals surface area contributed by atoms with Crippen LogP contribution in [0.2, 0.25) is 0 Å². The van der Waals surface area contributed by atoms with Gasteiger partial charge in [0.05, 0.1) is 4.90 Å². The average molecular weight is 365 g/mol. The lowest BCUT2D eigenvalue weighted by atomic mass is 10.1. The van der Waals surface area contributed by atoms with Crippen molar-refractivity contribution in [3.05, 3.63) is 29.8 Å². The third kappa shape index (κ3) is 5.84. The Kier molecular flexibility index (Phi) is 6.48. The van der Waals surface area contributed by atoms with Crippen LogP contribution in [-0.2, 0) is 16.4 Å². The van der Waals surface area contributed by atoms with Crippen LogP contribution in [0.5, 0.6) is 0 Å². The van der Waals surface area contributed by atoms with Gasteiger partial charge in [-0.05, 0) is 38.0 Å². The van der Waals surface area contributed by atoms with Crippen molar-refractivity contribution in [3.8, 4) is 0 Å². The smallest absolute Gasteiger partial charge is 0.238 e. The Hall–Kier alpha value is -2.46. The van der Waals surface area contributed by atoms with Crippen LogP contribution in [0.3, 0.4) is 0 Å². The number of nitrogens with one attached hydrogen (secondary N) is 3. The molecule has 1 heterocycles. The highest BCUT2D eigenvalue weighted by Gasteiger charge is 2.07. The fourth-order valence-electron chi connectivity index (χ4n) is 2.09. The standard InChI is InChI=1S/C15H23N7O2S/c1-3-17-13-20-14(18-4-2)22-15(21-13)19-10-9-11-5-7-12(8-6-11)25(16,23)24/h5-8H,3-4,9-10H2,1-2H3,(H2,16,23,24)(H3,17,18,19,20,21,22). The minimum Gasteiger partial charge on any atom is -0.354 e. The highest BCUT2D eigenvalue weighted by molar-refractivity contribution is 7.89. The number of hydrogen-bond donors (Lipinski definition) is 4. The highest BCUT2D eigenvalue weighted by Crippen LogP contribution is 2.11. The van der Waals surface area contributed by atoms with E-state index in [2.05, 4.69) is 30.9 Å². The molecule has 10 heteroatoms. The molecule has 0 amide bonds. The monoisotopic (exact) mass is 365 g/mol. The Morgan fingerprint density at radius 1 is 0.880 bits per heavy atom. The van der Waals surface area contributed by atoms with E-state index in [1.165, 1.54) is 12.1 Å². The number of anilines is 3. The zero-order chi connectivity index (χ0) is 18.3. The van der Waals surface area contributed by atoms with E-state index < -0.39 is 10.0 Å². The van der Waals surface area contributed by atoms with Gasteiger partial charge in [0.25, 0.3) is 0 Å². The van der Waals surface area contributed by atoms with E-state index in [1.54, 1.807) is 12.1 Å². The zero-order valence-corrected chi connectivity index (χ0v) is 15.1. The summed E-state index contributed by atoms with van der Waals surface area (Å²) in [5, 5.41) is 14.4. The molecular formula is C15H23N7O2S. The van der Waals surface area contributed by atoms with E-state index in [1.807, 2.05) is 13.8 Å². The summed E-state index contributed by atoms with van der Waals surface area (Å²) >= 11 is 0. The summed E-state index contributed by atoms with van der Waals surface area (Å²) in [6, 6.07) is 6.48. The van der Waals surface area contributed by atoms with Gasteiger partial charge in [-0.1, -0.05) is 12.1 Å². The van der Waals surface area contributed by atoms with Gasteiger partial charge in [0, 0.05) is 19.6 Å². The Balaban J connectivity index is 1.98. The molecule has 25 heavy (non-hydrogen) atoms. The van der Waals surface area contributed by atoms with Crippen molar-refractivity contribution in [2.45, 2.75) is 25.2 Å². The van der Waals surface area contributed by atoms with E-state index in [4.69, 9.17) is 5.14 Å². The van der Waals surface area contributed by atoms with Crippen molar-refractivity contribution in [2.24, 2.45) is 5.14 Å². The lowest BCUT2D eigenvalue weighted by Crippen LogP contribution is -2.14. The fraction of sp³-hybridized carbons (Fsp3) is 0.400. The van der Waals surface area contributed by atoms with Gasteiger partial charge >= 0.3 is 0 Å². The summed E-state index contributed by atoms with van der Waals surface area (Å²) < 4.78 is 22.5. The second-order valence-corrected chi connectivity index (χ2v) is 6.79. The largest absolute Gasteiger partial charge is 0.354 e. The van der Waals surface area contributed by atoms with Crippen LogP contribution in [0.4, 0.5) is 17.8 Å². The predicted molar refractivity (Wildman–Crippen MR) is 98.2 cm³/mol. The molecule has 0 fully saturated rings. The van der Waals surface area contributed by atoms with E-state index in [-0.39, 0.29) is 4.90 Å². The second-order valence-electron chi connectivity index (χ2n) is 5.23. The van der Waals surface area contributed by atoms with Gasteiger partial charge in [0.2, 0.25) is 27.9 Å². The summed E-state index contributed by atoms with van der Waals surface area (Å²) in [5.41, 5.74) is 0.979. The molecule has 0 spiro atoms. The quantitative estimate of drug-likeness (QED) is 0.518. The van der Waals surface area contributed by atoms with Gasteiger partial charge < -0.3 is 16.0 Å². The fourth-order valence-corrected chi connectivity index (χ4v) is 2.61. The van der Waals surface area contributed by atoms with Crippen LogP contribution in [0.25, 0.3) is 0 Å². The number of nitrogens with zero attached hydrogens (tertiary/aromatic N) is 3. The number of sulfonamides is 1. The maximum Gasteiger partial charge on any atom is 0.238 e. The van der Waals surface area contributed by atoms with Crippen LogP contribution in [0, 0.1) is 0 Å². The molecule has 2 rings (SSSR count). The molecule has 5 N–H and O–H groups in total.